The van der Waals surface area contributed by atoms with Crippen LogP contribution in [0.1, 0.15) is 23.3 Å². The topological polar surface area (TPSA) is 71.2 Å². The molecule has 0 bridgehead atoms. The molecule has 0 spiro atoms. The third-order valence-electron chi connectivity index (χ3n) is 2.97. The molecule has 1 aromatic rings. The summed E-state index contributed by atoms with van der Waals surface area (Å²) >= 11 is 0. The highest BCUT2D eigenvalue weighted by Crippen LogP contribution is 2.09. The number of carbonyl (C=O) groups excluding carboxylic acids is 1. The second-order valence-electron chi connectivity index (χ2n) is 4.27. The van der Waals surface area contributed by atoms with Crippen LogP contribution in [0.4, 0.5) is 5.69 Å². The van der Waals surface area contributed by atoms with Gasteiger partial charge in [0.1, 0.15) is 5.69 Å². The highest BCUT2D eigenvalue weighted by Gasteiger charge is 2.10. The van der Waals surface area contributed by atoms with Gasteiger partial charge < -0.3 is 16.0 Å². The number of carbonyl (C=O) groups is 1. The number of hydrogen-bond donors (Lipinski definition) is 2. The summed E-state index contributed by atoms with van der Waals surface area (Å²) in [5.41, 5.74) is 6.37. The van der Waals surface area contributed by atoms with Crippen molar-refractivity contribution in [2.75, 3.05) is 31.5 Å². The van der Waals surface area contributed by atoms with Crippen molar-refractivity contribution in [2.45, 2.75) is 12.8 Å². The molecule has 0 radical (unpaired) electrons. The SMILES string of the molecule is NC(=O)c1cc(NCCN2CCCC2)ccn1. The summed E-state index contributed by atoms with van der Waals surface area (Å²) in [4.78, 5) is 17.3. The molecule has 0 saturated carbocycles. The van der Waals surface area contributed by atoms with Gasteiger partial charge in [0.25, 0.3) is 5.91 Å². The van der Waals surface area contributed by atoms with Crippen molar-refractivity contribution in [1.82, 2.24) is 9.88 Å². The van der Waals surface area contributed by atoms with Crippen LogP contribution in [-0.2, 0) is 0 Å². The number of aromatic nitrogens is 1. The molecular weight excluding hydrogens is 216 g/mol. The lowest BCUT2D eigenvalue weighted by molar-refractivity contribution is 0.0995. The highest BCUT2D eigenvalue weighted by atomic mass is 16.1. The van der Waals surface area contributed by atoms with Crippen LogP contribution in [0, 0.1) is 0 Å². The third kappa shape index (κ3) is 3.42. The summed E-state index contributed by atoms with van der Waals surface area (Å²) in [5, 5.41) is 3.28. The molecule has 1 amide bonds. The van der Waals surface area contributed by atoms with Crippen molar-refractivity contribution in [2.24, 2.45) is 5.73 Å². The van der Waals surface area contributed by atoms with Crippen LogP contribution in [-0.4, -0.2) is 42.0 Å². The van der Waals surface area contributed by atoms with Gasteiger partial charge in [-0.3, -0.25) is 9.78 Å². The van der Waals surface area contributed by atoms with E-state index in [1.165, 1.54) is 25.9 Å². The average Bonchev–Trinajstić information content (AvgIpc) is 2.82. The lowest BCUT2D eigenvalue weighted by Crippen LogP contribution is -2.26. The van der Waals surface area contributed by atoms with Gasteiger partial charge in [0.15, 0.2) is 0 Å². The number of nitrogens with one attached hydrogen (secondary N) is 1. The van der Waals surface area contributed by atoms with E-state index in [2.05, 4.69) is 15.2 Å². The summed E-state index contributed by atoms with van der Waals surface area (Å²) in [6.45, 7) is 4.31. The van der Waals surface area contributed by atoms with E-state index in [4.69, 9.17) is 5.73 Å². The average molecular weight is 234 g/mol. The van der Waals surface area contributed by atoms with Crippen LogP contribution < -0.4 is 11.1 Å². The smallest absolute Gasteiger partial charge is 0.267 e. The molecule has 5 nitrogen and oxygen atoms in total. The Balaban J connectivity index is 1.81. The summed E-state index contributed by atoms with van der Waals surface area (Å²) in [7, 11) is 0. The summed E-state index contributed by atoms with van der Waals surface area (Å²) in [5.74, 6) is -0.492. The summed E-state index contributed by atoms with van der Waals surface area (Å²) in [6.07, 6.45) is 4.21. The van der Waals surface area contributed by atoms with Gasteiger partial charge in [-0.2, -0.15) is 0 Å². The Labute approximate surface area is 101 Å². The molecule has 5 heteroatoms. The standard InChI is InChI=1S/C12H18N4O/c13-12(17)11-9-10(3-4-15-11)14-5-8-16-6-1-2-7-16/h3-4,9H,1-2,5-8H2,(H2,13,17)(H,14,15). The van der Waals surface area contributed by atoms with Gasteiger partial charge in [0.05, 0.1) is 0 Å². The molecule has 2 heterocycles. The van der Waals surface area contributed by atoms with Gasteiger partial charge in [-0.15, -0.1) is 0 Å². The fraction of sp³-hybridized carbons (Fsp3) is 0.500. The molecule has 3 N–H and O–H groups in total. The number of anilines is 1. The third-order valence-corrected chi connectivity index (χ3v) is 2.97. The van der Waals surface area contributed by atoms with Crippen molar-refractivity contribution in [3.8, 4) is 0 Å². The number of pyridine rings is 1. The van der Waals surface area contributed by atoms with Gasteiger partial charge in [0, 0.05) is 25.0 Å². The van der Waals surface area contributed by atoms with E-state index in [9.17, 15) is 4.79 Å². The van der Waals surface area contributed by atoms with E-state index in [-0.39, 0.29) is 0 Å². The number of hydrogen-bond acceptors (Lipinski definition) is 4. The molecule has 1 saturated heterocycles. The number of amides is 1. The normalized spacial score (nSPS) is 16.0. The number of nitrogens with zero attached hydrogens (tertiary/aromatic N) is 2. The first kappa shape index (κ1) is 11.9. The molecule has 1 aliphatic rings. The van der Waals surface area contributed by atoms with Gasteiger partial charge >= 0.3 is 0 Å². The van der Waals surface area contributed by atoms with Crippen LogP contribution in [0.3, 0.4) is 0 Å². The van der Waals surface area contributed by atoms with Crippen molar-refractivity contribution in [3.63, 3.8) is 0 Å². The molecule has 1 fully saturated rings. The van der Waals surface area contributed by atoms with E-state index < -0.39 is 5.91 Å². The zero-order chi connectivity index (χ0) is 12.1. The van der Waals surface area contributed by atoms with Gasteiger partial charge in [-0.05, 0) is 38.1 Å². The number of likely N-dealkylation sites (tertiary alicyclic amines) is 1. The van der Waals surface area contributed by atoms with E-state index in [0.717, 1.165) is 18.8 Å². The fourth-order valence-electron chi connectivity index (χ4n) is 2.04. The molecular formula is C12H18N4O. The second-order valence-corrected chi connectivity index (χ2v) is 4.27. The molecule has 92 valence electrons. The van der Waals surface area contributed by atoms with Crippen LogP contribution in [0.15, 0.2) is 18.3 Å². The Kier molecular flexibility index (Phi) is 3.93. The van der Waals surface area contributed by atoms with E-state index >= 15 is 0 Å². The zero-order valence-corrected chi connectivity index (χ0v) is 9.85. The minimum atomic E-state index is -0.492. The molecule has 0 aromatic carbocycles. The Bertz CT molecular complexity index is 388. The second kappa shape index (κ2) is 5.63. The number of primary amides is 1. The van der Waals surface area contributed by atoms with Crippen LogP contribution in [0.25, 0.3) is 0 Å². The van der Waals surface area contributed by atoms with Crippen molar-refractivity contribution in [1.29, 1.82) is 0 Å². The minimum absolute atomic E-state index is 0.302. The van der Waals surface area contributed by atoms with E-state index in [0.29, 0.717) is 5.69 Å². The minimum Gasteiger partial charge on any atom is -0.384 e. The summed E-state index contributed by atoms with van der Waals surface area (Å²) in [6, 6.07) is 3.53. The number of nitrogens with two attached hydrogens (primary N) is 1. The van der Waals surface area contributed by atoms with Crippen molar-refractivity contribution >= 4 is 11.6 Å². The Hall–Kier alpha value is -1.62. The van der Waals surface area contributed by atoms with Crippen molar-refractivity contribution < 1.29 is 4.79 Å². The molecule has 17 heavy (non-hydrogen) atoms. The van der Waals surface area contributed by atoms with Crippen LogP contribution >= 0.6 is 0 Å². The Morgan fingerprint density at radius 3 is 2.94 bits per heavy atom. The predicted molar refractivity (Wildman–Crippen MR) is 66.9 cm³/mol. The molecule has 0 unspecified atom stereocenters. The first-order chi connectivity index (χ1) is 8.25. The van der Waals surface area contributed by atoms with Crippen LogP contribution in [0.5, 0.6) is 0 Å². The van der Waals surface area contributed by atoms with Crippen molar-refractivity contribution in [3.05, 3.63) is 24.0 Å². The first-order valence-electron chi connectivity index (χ1n) is 5.98. The molecule has 0 aliphatic carbocycles. The highest BCUT2D eigenvalue weighted by molar-refractivity contribution is 5.91. The number of rotatable bonds is 5. The molecule has 0 atom stereocenters. The molecule has 1 aliphatic heterocycles. The fourth-order valence-corrected chi connectivity index (χ4v) is 2.04. The van der Waals surface area contributed by atoms with Gasteiger partial charge in [-0.25, -0.2) is 0 Å². The first-order valence-corrected chi connectivity index (χ1v) is 5.98. The van der Waals surface area contributed by atoms with E-state index in [1.54, 1.807) is 12.3 Å². The van der Waals surface area contributed by atoms with E-state index in [1.807, 2.05) is 6.07 Å². The summed E-state index contributed by atoms with van der Waals surface area (Å²) < 4.78 is 0. The van der Waals surface area contributed by atoms with Gasteiger partial charge in [0.2, 0.25) is 0 Å². The quantitative estimate of drug-likeness (QED) is 0.786. The predicted octanol–water partition coefficient (Wildman–Crippen LogP) is 0.688. The molecule has 2 rings (SSSR count). The maximum absolute atomic E-state index is 11.0. The Morgan fingerprint density at radius 2 is 2.24 bits per heavy atom. The maximum Gasteiger partial charge on any atom is 0.267 e. The Morgan fingerprint density at radius 1 is 1.47 bits per heavy atom. The zero-order valence-electron chi connectivity index (χ0n) is 9.85. The monoisotopic (exact) mass is 234 g/mol. The van der Waals surface area contributed by atoms with Gasteiger partial charge in [-0.1, -0.05) is 0 Å². The lowest BCUT2D eigenvalue weighted by atomic mass is 10.3. The maximum atomic E-state index is 11.0. The molecule has 1 aromatic heterocycles. The lowest BCUT2D eigenvalue weighted by Gasteiger charge is -2.15. The van der Waals surface area contributed by atoms with Crippen LogP contribution in [0.2, 0.25) is 0 Å². The largest absolute Gasteiger partial charge is 0.384 e.